The summed E-state index contributed by atoms with van der Waals surface area (Å²) in [6.45, 7) is 0.594. The van der Waals surface area contributed by atoms with Crippen molar-refractivity contribution in [3.63, 3.8) is 0 Å². The van der Waals surface area contributed by atoms with Gasteiger partial charge in [-0.3, -0.25) is 4.79 Å². The van der Waals surface area contributed by atoms with Crippen LogP contribution in [-0.2, 0) is 11.3 Å². The van der Waals surface area contributed by atoms with Crippen LogP contribution >= 0.6 is 11.8 Å². The highest BCUT2D eigenvalue weighted by Crippen LogP contribution is 2.26. The molecule has 1 aromatic carbocycles. The second-order valence-electron chi connectivity index (χ2n) is 3.84. The Kier molecular flexibility index (Phi) is 5.44. The molecule has 0 atom stereocenters. The molecule has 5 heteroatoms. The van der Waals surface area contributed by atoms with Crippen LogP contribution in [0.25, 0.3) is 0 Å². The molecular weight excluding hydrogens is 239 g/mol. The number of hydrogen-bond donors (Lipinski definition) is 1. The summed E-state index contributed by atoms with van der Waals surface area (Å²) >= 11 is 1.24. The summed E-state index contributed by atoms with van der Waals surface area (Å²) in [5, 5.41) is 2.99. The van der Waals surface area contributed by atoms with Crippen molar-refractivity contribution in [2.45, 2.75) is 11.4 Å². The lowest BCUT2D eigenvalue weighted by atomic mass is 10.2. The van der Waals surface area contributed by atoms with E-state index in [1.165, 1.54) is 22.7 Å². The van der Waals surface area contributed by atoms with Gasteiger partial charge in [0.1, 0.15) is 5.82 Å². The number of halogens is 1. The minimum absolute atomic E-state index is 0.0198. The third-order valence-electron chi connectivity index (χ3n) is 2.25. The van der Waals surface area contributed by atoms with Gasteiger partial charge in [0.05, 0.1) is 5.75 Å². The fourth-order valence-electron chi connectivity index (χ4n) is 1.31. The monoisotopic (exact) mass is 256 g/mol. The largest absolute Gasteiger partial charge is 0.348 e. The van der Waals surface area contributed by atoms with Crippen molar-refractivity contribution in [2.24, 2.45) is 0 Å². The Morgan fingerprint density at radius 1 is 1.47 bits per heavy atom. The van der Waals surface area contributed by atoms with Crippen molar-refractivity contribution >= 4 is 17.7 Å². The summed E-state index contributed by atoms with van der Waals surface area (Å²) in [6, 6.07) is 4.96. The lowest BCUT2D eigenvalue weighted by Gasteiger charge is -2.12. The topological polar surface area (TPSA) is 32.3 Å². The van der Waals surface area contributed by atoms with E-state index in [1.54, 1.807) is 20.2 Å². The molecule has 0 saturated heterocycles. The predicted molar refractivity (Wildman–Crippen MR) is 68.6 cm³/mol. The van der Waals surface area contributed by atoms with E-state index >= 15 is 0 Å². The van der Waals surface area contributed by atoms with Gasteiger partial charge >= 0.3 is 0 Å². The van der Waals surface area contributed by atoms with E-state index in [0.29, 0.717) is 11.4 Å². The van der Waals surface area contributed by atoms with Crippen molar-refractivity contribution in [1.82, 2.24) is 10.2 Å². The van der Waals surface area contributed by atoms with Gasteiger partial charge in [-0.1, -0.05) is 12.1 Å². The Hall–Kier alpha value is -1.07. The van der Waals surface area contributed by atoms with Crippen molar-refractivity contribution in [2.75, 3.05) is 26.9 Å². The van der Waals surface area contributed by atoms with Gasteiger partial charge in [0.2, 0.25) is 5.91 Å². The van der Waals surface area contributed by atoms with Gasteiger partial charge in [0.15, 0.2) is 0 Å². The smallest absolute Gasteiger partial charge is 0.232 e. The molecule has 0 radical (unpaired) electrons. The Labute approximate surface area is 105 Å². The maximum Gasteiger partial charge on any atom is 0.232 e. The normalized spacial score (nSPS) is 10.4. The number of rotatable bonds is 5. The molecule has 17 heavy (non-hydrogen) atoms. The van der Waals surface area contributed by atoms with E-state index in [1.807, 2.05) is 13.1 Å². The van der Waals surface area contributed by atoms with Crippen molar-refractivity contribution < 1.29 is 9.18 Å². The Morgan fingerprint density at radius 3 is 2.76 bits per heavy atom. The van der Waals surface area contributed by atoms with Gasteiger partial charge in [0, 0.05) is 25.5 Å². The highest BCUT2D eigenvalue weighted by atomic mass is 32.2. The second-order valence-corrected chi connectivity index (χ2v) is 4.82. The van der Waals surface area contributed by atoms with Gasteiger partial charge < -0.3 is 10.2 Å². The van der Waals surface area contributed by atoms with Crippen molar-refractivity contribution in [3.05, 3.63) is 29.6 Å². The van der Waals surface area contributed by atoms with E-state index in [-0.39, 0.29) is 17.5 Å². The number of thioether (sulfide) groups is 1. The lowest BCUT2D eigenvalue weighted by molar-refractivity contribution is -0.125. The predicted octanol–water partition coefficient (Wildman–Crippen LogP) is 1.73. The zero-order chi connectivity index (χ0) is 12.8. The molecule has 0 aliphatic carbocycles. The van der Waals surface area contributed by atoms with Gasteiger partial charge in [-0.05, 0) is 18.7 Å². The molecule has 3 nitrogen and oxygen atoms in total. The zero-order valence-electron chi connectivity index (χ0n) is 10.3. The molecule has 0 aliphatic rings. The number of hydrogen-bond acceptors (Lipinski definition) is 3. The summed E-state index contributed by atoms with van der Waals surface area (Å²) in [4.78, 5) is 13.5. The Bertz CT molecular complexity index is 396. The van der Waals surface area contributed by atoms with Crippen LogP contribution in [0, 0.1) is 5.82 Å². The van der Waals surface area contributed by atoms with E-state index in [9.17, 15) is 9.18 Å². The van der Waals surface area contributed by atoms with Crippen LogP contribution in [0.15, 0.2) is 23.1 Å². The Morgan fingerprint density at radius 2 is 2.18 bits per heavy atom. The summed E-state index contributed by atoms with van der Waals surface area (Å²) < 4.78 is 13.7. The van der Waals surface area contributed by atoms with Crippen LogP contribution in [0.3, 0.4) is 0 Å². The van der Waals surface area contributed by atoms with Crippen LogP contribution < -0.4 is 5.32 Å². The molecule has 0 bridgehead atoms. The first kappa shape index (κ1) is 14.0. The third kappa shape index (κ3) is 4.02. The van der Waals surface area contributed by atoms with Crippen molar-refractivity contribution in [3.8, 4) is 0 Å². The number of benzene rings is 1. The first-order valence-corrected chi connectivity index (χ1v) is 6.29. The van der Waals surface area contributed by atoms with E-state index < -0.39 is 0 Å². The quantitative estimate of drug-likeness (QED) is 0.814. The van der Waals surface area contributed by atoms with E-state index in [2.05, 4.69) is 5.32 Å². The molecule has 0 aliphatic heterocycles. The number of carbonyl (C=O) groups is 1. The molecule has 94 valence electrons. The van der Waals surface area contributed by atoms with Gasteiger partial charge in [0.25, 0.3) is 0 Å². The van der Waals surface area contributed by atoms with Crippen LogP contribution in [-0.4, -0.2) is 37.7 Å². The molecule has 0 saturated carbocycles. The van der Waals surface area contributed by atoms with Crippen LogP contribution in [0.2, 0.25) is 0 Å². The molecule has 1 aromatic rings. The number of amides is 1. The number of nitrogens with one attached hydrogen (secondary N) is 1. The first-order valence-electron chi connectivity index (χ1n) is 5.31. The van der Waals surface area contributed by atoms with E-state index in [0.717, 1.165) is 5.56 Å². The molecule has 0 aromatic heterocycles. The fraction of sp³-hybridized carbons (Fsp3) is 0.417. The molecule has 0 heterocycles. The highest BCUT2D eigenvalue weighted by Gasteiger charge is 2.11. The average Bonchev–Trinajstić information content (AvgIpc) is 2.28. The maximum absolute atomic E-state index is 13.7. The number of carbonyl (C=O) groups excluding carboxylic acids is 1. The van der Waals surface area contributed by atoms with E-state index in [4.69, 9.17) is 0 Å². The fourth-order valence-corrected chi connectivity index (χ4v) is 2.37. The maximum atomic E-state index is 13.7. The molecule has 1 rings (SSSR count). The first-order chi connectivity index (χ1) is 8.06. The highest BCUT2D eigenvalue weighted by molar-refractivity contribution is 8.00. The SMILES string of the molecule is CNCc1cccc(F)c1SCC(=O)N(C)C. The third-order valence-corrected chi connectivity index (χ3v) is 3.39. The summed E-state index contributed by atoms with van der Waals surface area (Å²) in [6.07, 6.45) is 0. The summed E-state index contributed by atoms with van der Waals surface area (Å²) in [5.41, 5.74) is 0.879. The molecular formula is C12H17FN2OS. The Balaban J connectivity index is 2.78. The van der Waals surface area contributed by atoms with Gasteiger partial charge in [-0.2, -0.15) is 0 Å². The minimum atomic E-state index is -0.269. The zero-order valence-corrected chi connectivity index (χ0v) is 11.1. The van der Waals surface area contributed by atoms with Crippen LogP contribution in [0.4, 0.5) is 4.39 Å². The van der Waals surface area contributed by atoms with Crippen LogP contribution in [0.5, 0.6) is 0 Å². The molecule has 1 amide bonds. The molecule has 0 spiro atoms. The standard InChI is InChI=1S/C12H17FN2OS/c1-14-7-9-5-4-6-10(13)12(9)17-8-11(16)15(2)3/h4-6,14H,7-8H2,1-3H3. The summed E-state index contributed by atoms with van der Waals surface area (Å²) in [5.74, 6) is -0.0343. The van der Waals surface area contributed by atoms with Crippen molar-refractivity contribution in [1.29, 1.82) is 0 Å². The number of nitrogens with zero attached hydrogens (tertiary/aromatic N) is 1. The molecule has 0 unspecified atom stereocenters. The summed E-state index contributed by atoms with van der Waals surface area (Å²) in [7, 11) is 5.20. The van der Waals surface area contributed by atoms with Gasteiger partial charge in [-0.25, -0.2) is 4.39 Å². The average molecular weight is 256 g/mol. The molecule has 0 fully saturated rings. The van der Waals surface area contributed by atoms with Crippen LogP contribution in [0.1, 0.15) is 5.56 Å². The molecule has 1 N–H and O–H groups in total. The minimum Gasteiger partial charge on any atom is -0.348 e. The van der Waals surface area contributed by atoms with Gasteiger partial charge in [-0.15, -0.1) is 11.8 Å². The lowest BCUT2D eigenvalue weighted by Crippen LogP contribution is -2.23. The second kappa shape index (κ2) is 6.61.